The summed E-state index contributed by atoms with van der Waals surface area (Å²) in [5, 5.41) is 3.36. The Hall–Kier alpha value is -1.51. The van der Waals surface area contributed by atoms with Crippen LogP contribution in [0.4, 0.5) is 11.4 Å². The van der Waals surface area contributed by atoms with Gasteiger partial charge in [0.25, 0.3) is 0 Å². The minimum absolute atomic E-state index is 0.0187. The van der Waals surface area contributed by atoms with Crippen LogP contribution in [0.15, 0.2) is 18.2 Å². The minimum Gasteiger partial charge on any atom is -0.398 e. The highest BCUT2D eigenvalue weighted by molar-refractivity contribution is 5.99. The molecule has 0 radical (unpaired) electrons. The lowest BCUT2D eigenvalue weighted by molar-refractivity contribution is 0.101. The Kier molecular flexibility index (Phi) is 3.67. The highest BCUT2D eigenvalue weighted by atomic mass is 16.1. The van der Waals surface area contributed by atoms with E-state index in [1.54, 1.807) is 13.0 Å². The number of benzene rings is 1. The van der Waals surface area contributed by atoms with Crippen LogP contribution >= 0.6 is 0 Å². The summed E-state index contributed by atoms with van der Waals surface area (Å²) in [6.45, 7) is 2.52. The number of ketones is 1. The van der Waals surface area contributed by atoms with Gasteiger partial charge in [-0.3, -0.25) is 4.79 Å². The second kappa shape index (κ2) is 5.21. The average molecular weight is 232 g/mol. The fourth-order valence-electron chi connectivity index (χ4n) is 2.17. The first-order valence-corrected chi connectivity index (χ1v) is 6.31. The molecule has 92 valence electrons. The fourth-order valence-corrected chi connectivity index (χ4v) is 2.17. The number of anilines is 2. The molecule has 1 aromatic rings. The number of nitrogens with one attached hydrogen (secondary N) is 1. The molecule has 1 fully saturated rings. The molecule has 0 aromatic heterocycles. The van der Waals surface area contributed by atoms with Crippen molar-refractivity contribution in [3.05, 3.63) is 23.8 Å². The Morgan fingerprint density at radius 1 is 1.47 bits per heavy atom. The molecule has 0 atom stereocenters. The molecular formula is C14H20N2O. The van der Waals surface area contributed by atoms with E-state index in [1.165, 1.54) is 25.7 Å². The number of hydrogen-bond acceptors (Lipinski definition) is 3. The van der Waals surface area contributed by atoms with Crippen LogP contribution in [0.3, 0.4) is 0 Å². The van der Waals surface area contributed by atoms with Crippen molar-refractivity contribution in [2.75, 3.05) is 17.6 Å². The number of rotatable bonds is 5. The van der Waals surface area contributed by atoms with E-state index in [-0.39, 0.29) is 5.78 Å². The third-order valence-corrected chi connectivity index (χ3v) is 3.54. The van der Waals surface area contributed by atoms with Crippen molar-refractivity contribution >= 4 is 17.2 Å². The van der Waals surface area contributed by atoms with E-state index in [9.17, 15) is 4.79 Å². The topological polar surface area (TPSA) is 55.1 Å². The van der Waals surface area contributed by atoms with E-state index in [4.69, 9.17) is 5.73 Å². The van der Waals surface area contributed by atoms with E-state index >= 15 is 0 Å². The summed E-state index contributed by atoms with van der Waals surface area (Å²) in [4.78, 5) is 11.3. The van der Waals surface area contributed by atoms with Gasteiger partial charge >= 0.3 is 0 Å². The zero-order chi connectivity index (χ0) is 12.3. The molecule has 1 aliphatic rings. The number of nitrogens with two attached hydrogens (primary N) is 1. The van der Waals surface area contributed by atoms with Crippen molar-refractivity contribution < 1.29 is 4.79 Å². The Balaban J connectivity index is 1.91. The highest BCUT2D eigenvalue weighted by Crippen LogP contribution is 2.29. The zero-order valence-electron chi connectivity index (χ0n) is 10.3. The first-order chi connectivity index (χ1) is 8.16. The van der Waals surface area contributed by atoms with Crippen LogP contribution in [-0.4, -0.2) is 12.3 Å². The molecule has 0 amide bonds. The van der Waals surface area contributed by atoms with Crippen LogP contribution < -0.4 is 11.1 Å². The normalized spacial score (nSPS) is 15.4. The van der Waals surface area contributed by atoms with Gasteiger partial charge in [-0.05, 0) is 37.5 Å². The maximum atomic E-state index is 11.3. The maximum Gasteiger partial charge on any atom is 0.161 e. The number of nitrogen functional groups attached to an aromatic ring is 1. The molecule has 0 saturated heterocycles. The lowest BCUT2D eigenvalue weighted by atomic mass is 9.83. The number of carbonyl (C=O) groups is 1. The first kappa shape index (κ1) is 12.0. The molecule has 0 heterocycles. The predicted molar refractivity (Wildman–Crippen MR) is 71.3 cm³/mol. The van der Waals surface area contributed by atoms with Crippen LogP contribution in [-0.2, 0) is 0 Å². The van der Waals surface area contributed by atoms with Crippen LogP contribution in [0, 0.1) is 5.92 Å². The van der Waals surface area contributed by atoms with Gasteiger partial charge < -0.3 is 11.1 Å². The third kappa shape index (κ3) is 2.99. The summed E-state index contributed by atoms with van der Waals surface area (Å²) >= 11 is 0. The van der Waals surface area contributed by atoms with Crippen molar-refractivity contribution in [3.63, 3.8) is 0 Å². The Morgan fingerprint density at radius 3 is 2.82 bits per heavy atom. The maximum absolute atomic E-state index is 11.3. The van der Waals surface area contributed by atoms with Gasteiger partial charge in [-0.2, -0.15) is 0 Å². The van der Waals surface area contributed by atoms with E-state index in [0.29, 0.717) is 11.3 Å². The summed E-state index contributed by atoms with van der Waals surface area (Å²) in [6, 6.07) is 5.57. The highest BCUT2D eigenvalue weighted by Gasteiger charge is 2.16. The Bertz CT molecular complexity index is 411. The molecular weight excluding hydrogens is 212 g/mol. The van der Waals surface area contributed by atoms with E-state index in [1.807, 2.05) is 12.1 Å². The fraction of sp³-hybridized carbons (Fsp3) is 0.500. The average Bonchev–Trinajstić information content (AvgIpc) is 2.23. The van der Waals surface area contributed by atoms with E-state index < -0.39 is 0 Å². The van der Waals surface area contributed by atoms with Crippen LogP contribution in [0.2, 0.25) is 0 Å². The second-order valence-electron chi connectivity index (χ2n) is 4.87. The van der Waals surface area contributed by atoms with Gasteiger partial charge in [-0.1, -0.05) is 19.3 Å². The monoisotopic (exact) mass is 232 g/mol. The number of hydrogen-bond donors (Lipinski definition) is 2. The molecule has 3 nitrogen and oxygen atoms in total. The van der Waals surface area contributed by atoms with E-state index in [2.05, 4.69) is 5.32 Å². The Morgan fingerprint density at radius 2 is 2.24 bits per heavy atom. The molecule has 3 heteroatoms. The van der Waals surface area contributed by atoms with Crippen molar-refractivity contribution in [3.8, 4) is 0 Å². The van der Waals surface area contributed by atoms with Gasteiger partial charge in [0.15, 0.2) is 5.78 Å². The van der Waals surface area contributed by atoms with Gasteiger partial charge in [0.2, 0.25) is 0 Å². The molecule has 1 saturated carbocycles. The standard InChI is InChI=1S/C14H20N2O/c1-10(17)13-9-12(5-6-14(13)15)16-8-7-11-3-2-4-11/h5-6,9,11,16H,2-4,7-8,15H2,1H3. The second-order valence-corrected chi connectivity index (χ2v) is 4.87. The molecule has 0 unspecified atom stereocenters. The molecule has 0 spiro atoms. The molecule has 1 aromatic carbocycles. The molecule has 17 heavy (non-hydrogen) atoms. The number of carbonyl (C=O) groups excluding carboxylic acids is 1. The minimum atomic E-state index is 0.0187. The quantitative estimate of drug-likeness (QED) is 0.606. The predicted octanol–water partition coefficient (Wildman–Crippen LogP) is 3.07. The summed E-state index contributed by atoms with van der Waals surface area (Å²) in [5.74, 6) is 0.925. The van der Waals surface area contributed by atoms with Gasteiger partial charge in [-0.25, -0.2) is 0 Å². The van der Waals surface area contributed by atoms with Crippen molar-refractivity contribution in [1.82, 2.24) is 0 Å². The van der Waals surface area contributed by atoms with Crippen LogP contribution in [0.1, 0.15) is 43.0 Å². The smallest absolute Gasteiger partial charge is 0.161 e. The largest absolute Gasteiger partial charge is 0.398 e. The first-order valence-electron chi connectivity index (χ1n) is 6.31. The van der Waals surface area contributed by atoms with Gasteiger partial charge in [0, 0.05) is 23.5 Å². The third-order valence-electron chi connectivity index (χ3n) is 3.54. The van der Waals surface area contributed by atoms with Crippen LogP contribution in [0.25, 0.3) is 0 Å². The van der Waals surface area contributed by atoms with Gasteiger partial charge in [0.1, 0.15) is 0 Å². The summed E-state index contributed by atoms with van der Waals surface area (Å²) < 4.78 is 0. The molecule has 0 bridgehead atoms. The van der Waals surface area contributed by atoms with Gasteiger partial charge in [0.05, 0.1) is 0 Å². The van der Waals surface area contributed by atoms with Gasteiger partial charge in [-0.15, -0.1) is 0 Å². The lowest BCUT2D eigenvalue weighted by Gasteiger charge is -2.25. The zero-order valence-corrected chi connectivity index (χ0v) is 10.3. The van der Waals surface area contributed by atoms with Crippen molar-refractivity contribution in [2.45, 2.75) is 32.6 Å². The SMILES string of the molecule is CC(=O)c1cc(NCCC2CCC2)ccc1N. The van der Waals surface area contributed by atoms with Crippen molar-refractivity contribution in [2.24, 2.45) is 5.92 Å². The summed E-state index contributed by atoms with van der Waals surface area (Å²) in [6.07, 6.45) is 5.37. The van der Waals surface area contributed by atoms with Crippen LogP contribution in [0.5, 0.6) is 0 Å². The number of Topliss-reactive ketones (excluding diaryl/α,β-unsaturated/α-hetero) is 1. The summed E-state index contributed by atoms with van der Waals surface area (Å²) in [5.41, 5.74) is 7.91. The molecule has 0 aliphatic heterocycles. The molecule has 3 N–H and O–H groups in total. The summed E-state index contributed by atoms with van der Waals surface area (Å²) in [7, 11) is 0. The molecule has 1 aliphatic carbocycles. The Labute approximate surface area is 102 Å². The molecule has 2 rings (SSSR count). The lowest BCUT2D eigenvalue weighted by Crippen LogP contribution is -2.15. The van der Waals surface area contributed by atoms with E-state index in [0.717, 1.165) is 18.2 Å². The van der Waals surface area contributed by atoms with Crippen molar-refractivity contribution in [1.29, 1.82) is 0 Å².